The minimum Gasteiger partial charge on any atom is -0.497 e. The van der Waals surface area contributed by atoms with Crippen LogP contribution in [0.5, 0.6) is 11.5 Å². The van der Waals surface area contributed by atoms with Gasteiger partial charge in [0.15, 0.2) is 0 Å². The van der Waals surface area contributed by atoms with Crippen LogP contribution in [0, 0.1) is 0 Å². The summed E-state index contributed by atoms with van der Waals surface area (Å²) in [6.45, 7) is 3.46. The molecule has 4 nitrogen and oxygen atoms in total. The van der Waals surface area contributed by atoms with Crippen molar-refractivity contribution >= 4 is 17.4 Å². The lowest BCUT2D eigenvalue weighted by Crippen LogP contribution is -2.13. The van der Waals surface area contributed by atoms with E-state index in [1.54, 1.807) is 14.2 Å². The van der Waals surface area contributed by atoms with Gasteiger partial charge < -0.3 is 20.5 Å². The summed E-state index contributed by atoms with van der Waals surface area (Å²) in [5.41, 5.74) is 6.33. The highest BCUT2D eigenvalue weighted by atomic mass is 32.2. The van der Waals surface area contributed by atoms with Crippen LogP contribution in [0.4, 0.5) is 5.69 Å². The zero-order valence-corrected chi connectivity index (χ0v) is 12.5. The van der Waals surface area contributed by atoms with Gasteiger partial charge in [-0.25, -0.2) is 0 Å². The Kier molecular flexibility index (Phi) is 10.4. The van der Waals surface area contributed by atoms with Gasteiger partial charge in [-0.05, 0) is 24.1 Å². The predicted molar refractivity (Wildman–Crippen MR) is 81.1 cm³/mol. The molecule has 0 heterocycles. The van der Waals surface area contributed by atoms with Gasteiger partial charge in [0.05, 0.1) is 19.9 Å². The van der Waals surface area contributed by atoms with Crippen molar-refractivity contribution in [1.82, 2.24) is 0 Å². The maximum absolute atomic E-state index is 5.40. The van der Waals surface area contributed by atoms with Gasteiger partial charge in [-0.1, -0.05) is 6.92 Å². The Bertz CT molecular complexity index is 320. The highest BCUT2D eigenvalue weighted by Gasteiger charge is 2.03. The molecule has 0 aromatic heterocycles. The van der Waals surface area contributed by atoms with Crippen LogP contribution in [0.25, 0.3) is 0 Å². The van der Waals surface area contributed by atoms with Crippen LogP contribution >= 0.6 is 11.8 Å². The van der Waals surface area contributed by atoms with Crippen molar-refractivity contribution in [3.05, 3.63) is 18.2 Å². The second kappa shape index (κ2) is 11.0. The molecule has 0 bridgehead atoms. The van der Waals surface area contributed by atoms with E-state index in [0.717, 1.165) is 23.7 Å². The molecule has 104 valence electrons. The quantitative estimate of drug-likeness (QED) is 0.833. The van der Waals surface area contributed by atoms with Crippen LogP contribution in [0.3, 0.4) is 0 Å². The molecule has 0 spiro atoms. The first kappa shape index (κ1) is 16.9. The van der Waals surface area contributed by atoms with Gasteiger partial charge in [0, 0.05) is 19.2 Å². The zero-order valence-electron chi connectivity index (χ0n) is 11.7. The van der Waals surface area contributed by atoms with Crippen LogP contribution in [0.1, 0.15) is 6.92 Å². The zero-order chi connectivity index (χ0) is 13.8. The molecule has 3 N–H and O–H groups in total. The summed E-state index contributed by atoms with van der Waals surface area (Å²) in [6.07, 6.45) is 2.10. The number of thioether (sulfide) groups is 1. The van der Waals surface area contributed by atoms with Gasteiger partial charge in [0.25, 0.3) is 0 Å². The van der Waals surface area contributed by atoms with Crippen molar-refractivity contribution < 1.29 is 9.47 Å². The number of nitrogens with two attached hydrogens (primary N) is 1. The van der Waals surface area contributed by atoms with E-state index in [1.165, 1.54) is 5.75 Å². The molecule has 1 aromatic carbocycles. The number of hydrogen-bond donors (Lipinski definition) is 2. The summed E-state index contributed by atoms with van der Waals surface area (Å²) < 4.78 is 10.3. The molecule has 0 fully saturated rings. The van der Waals surface area contributed by atoms with Crippen molar-refractivity contribution in [2.45, 2.75) is 6.92 Å². The normalized spacial score (nSPS) is 9.17. The molecule has 0 atom stereocenters. The lowest BCUT2D eigenvalue weighted by atomic mass is 10.2. The molecule has 5 heteroatoms. The van der Waals surface area contributed by atoms with E-state index < -0.39 is 0 Å². The fourth-order valence-electron chi connectivity index (χ4n) is 1.15. The topological polar surface area (TPSA) is 56.5 Å². The van der Waals surface area contributed by atoms with Crippen molar-refractivity contribution in [3.63, 3.8) is 0 Å². The molecule has 0 saturated heterocycles. The maximum Gasteiger partial charge on any atom is 0.145 e. The Labute approximate surface area is 114 Å². The SMILES string of the molecule is CCSC.COc1ccc(NCCN)c(OC)c1. The molecule has 0 aliphatic carbocycles. The average molecular weight is 272 g/mol. The van der Waals surface area contributed by atoms with Gasteiger partial charge in [-0.3, -0.25) is 0 Å². The molecule has 0 unspecified atom stereocenters. The van der Waals surface area contributed by atoms with Crippen molar-refractivity contribution in [2.24, 2.45) is 5.73 Å². The number of rotatable bonds is 6. The molecule has 1 rings (SSSR count). The largest absolute Gasteiger partial charge is 0.497 e. The first-order valence-corrected chi connectivity index (χ1v) is 7.27. The fourth-order valence-corrected chi connectivity index (χ4v) is 1.15. The second-order valence-corrected chi connectivity index (χ2v) is 4.51. The molecule has 18 heavy (non-hydrogen) atoms. The van der Waals surface area contributed by atoms with E-state index in [4.69, 9.17) is 15.2 Å². The molecule has 0 amide bonds. The lowest BCUT2D eigenvalue weighted by molar-refractivity contribution is 0.395. The van der Waals surface area contributed by atoms with Gasteiger partial charge in [-0.2, -0.15) is 11.8 Å². The van der Waals surface area contributed by atoms with Crippen molar-refractivity contribution in [2.75, 3.05) is 44.6 Å². The Morgan fingerprint density at radius 2 is 1.94 bits per heavy atom. The summed E-state index contributed by atoms with van der Waals surface area (Å²) in [7, 11) is 3.25. The molecule has 1 aromatic rings. The summed E-state index contributed by atoms with van der Waals surface area (Å²) in [4.78, 5) is 0. The van der Waals surface area contributed by atoms with Crippen LogP contribution in [-0.2, 0) is 0 Å². The summed E-state index contributed by atoms with van der Waals surface area (Å²) in [6, 6.07) is 5.62. The summed E-state index contributed by atoms with van der Waals surface area (Å²) in [5, 5.41) is 3.16. The highest BCUT2D eigenvalue weighted by Crippen LogP contribution is 2.28. The van der Waals surface area contributed by atoms with E-state index in [9.17, 15) is 0 Å². The molecule has 0 aliphatic rings. The lowest BCUT2D eigenvalue weighted by Gasteiger charge is -2.11. The van der Waals surface area contributed by atoms with Gasteiger partial charge >= 0.3 is 0 Å². The van der Waals surface area contributed by atoms with E-state index in [-0.39, 0.29) is 0 Å². The number of hydrogen-bond acceptors (Lipinski definition) is 5. The third-order valence-electron chi connectivity index (χ3n) is 2.16. The molecule has 0 saturated carbocycles. The Hall–Kier alpha value is -1.07. The molecule has 0 radical (unpaired) electrons. The molecule has 0 aliphatic heterocycles. The Balaban J connectivity index is 0.000000631. The second-order valence-electron chi connectivity index (χ2n) is 3.36. The van der Waals surface area contributed by atoms with Crippen molar-refractivity contribution in [1.29, 1.82) is 0 Å². The Morgan fingerprint density at radius 3 is 2.39 bits per heavy atom. The van der Waals surface area contributed by atoms with E-state index >= 15 is 0 Å². The van der Waals surface area contributed by atoms with Gasteiger partial charge in [0.1, 0.15) is 11.5 Å². The van der Waals surface area contributed by atoms with Crippen molar-refractivity contribution in [3.8, 4) is 11.5 Å². The van der Waals surface area contributed by atoms with E-state index in [0.29, 0.717) is 6.54 Å². The smallest absolute Gasteiger partial charge is 0.145 e. The number of benzene rings is 1. The monoisotopic (exact) mass is 272 g/mol. The van der Waals surface area contributed by atoms with E-state index in [2.05, 4.69) is 18.5 Å². The number of methoxy groups -OCH3 is 2. The van der Waals surface area contributed by atoms with Gasteiger partial charge in [-0.15, -0.1) is 0 Å². The number of anilines is 1. The average Bonchev–Trinajstić information content (AvgIpc) is 2.45. The van der Waals surface area contributed by atoms with Gasteiger partial charge in [0.2, 0.25) is 0 Å². The first-order chi connectivity index (χ1) is 8.73. The fraction of sp³-hybridized carbons (Fsp3) is 0.538. The highest BCUT2D eigenvalue weighted by molar-refractivity contribution is 7.98. The van der Waals surface area contributed by atoms with Crippen LogP contribution in [0.15, 0.2) is 18.2 Å². The van der Waals surface area contributed by atoms with Crippen LogP contribution in [-0.4, -0.2) is 39.3 Å². The molecular formula is C13H24N2O2S. The third-order valence-corrected chi connectivity index (χ3v) is 2.73. The predicted octanol–water partition coefficient (Wildman–Crippen LogP) is 2.44. The van der Waals surface area contributed by atoms with E-state index in [1.807, 2.05) is 30.0 Å². The maximum atomic E-state index is 5.40. The molecular weight excluding hydrogens is 248 g/mol. The number of ether oxygens (including phenoxy) is 2. The summed E-state index contributed by atoms with van der Waals surface area (Å²) in [5.74, 6) is 2.78. The number of nitrogens with one attached hydrogen (secondary N) is 1. The Morgan fingerprint density at radius 1 is 1.28 bits per heavy atom. The minimum absolute atomic E-state index is 0.592. The first-order valence-electron chi connectivity index (χ1n) is 5.88. The van der Waals surface area contributed by atoms with Crippen LogP contribution < -0.4 is 20.5 Å². The third kappa shape index (κ3) is 6.61. The summed E-state index contributed by atoms with van der Waals surface area (Å²) >= 11 is 1.86. The van der Waals surface area contributed by atoms with Crippen LogP contribution in [0.2, 0.25) is 0 Å². The standard InChI is InChI=1S/C10H16N2O2.C3H8S/c1-13-8-3-4-9(12-6-5-11)10(7-8)14-2;1-3-4-2/h3-4,7,12H,5-6,11H2,1-2H3;3H2,1-2H3. The minimum atomic E-state index is 0.592.